The quantitative estimate of drug-likeness (QED) is 0.650. The van der Waals surface area contributed by atoms with E-state index in [9.17, 15) is 9.50 Å². The molecule has 0 aromatic heterocycles. The average Bonchev–Trinajstić information content (AvgIpc) is 2.12. The molecule has 0 aliphatic heterocycles. The lowest BCUT2D eigenvalue weighted by Crippen LogP contribution is -2.09. The summed E-state index contributed by atoms with van der Waals surface area (Å²) >= 11 is 0. The first-order valence-corrected chi connectivity index (χ1v) is 4.70. The van der Waals surface area contributed by atoms with Gasteiger partial charge in [0.2, 0.25) is 0 Å². The summed E-state index contributed by atoms with van der Waals surface area (Å²) in [5, 5.41) is 9.53. The fraction of sp³-hybridized carbons (Fsp3) is 0.455. The molecular weight excluding hydrogens is 167 g/mol. The highest BCUT2D eigenvalue weighted by molar-refractivity contribution is 5.43. The minimum atomic E-state index is -0.167. The third-order valence-corrected chi connectivity index (χ3v) is 2.84. The standard InChI is InChI=1S/C11H13FO/c1-7-3-2-4-8-10(13)6-5-9(12)11(7)8/h5-7,13H,2-4H2,1H3. The molecule has 1 aromatic carbocycles. The van der Waals surface area contributed by atoms with E-state index in [2.05, 4.69) is 0 Å². The third kappa shape index (κ3) is 1.30. The van der Waals surface area contributed by atoms with E-state index in [0.717, 1.165) is 30.4 Å². The van der Waals surface area contributed by atoms with Crippen LogP contribution in [0.5, 0.6) is 5.75 Å². The van der Waals surface area contributed by atoms with Gasteiger partial charge in [0, 0.05) is 5.56 Å². The molecule has 1 N–H and O–H groups in total. The lowest BCUT2D eigenvalue weighted by Gasteiger charge is -2.23. The van der Waals surface area contributed by atoms with E-state index in [1.165, 1.54) is 12.1 Å². The summed E-state index contributed by atoms with van der Waals surface area (Å²) in [6.45, 7) is 2.01. The van der Waals surface area contributed by atoms with E-state index in [1.54, 1.807) is 0 Å². The maximum absolute atomic E-state index is 13.4. The second-order valence-electron chi connectivity index (χ2n) is 3.75. The summed E-state index contributed by atoms with van der Waals surface area (Å²) in [4.78, 5) is 0. The minimum absolute atomic E-state index is 0.167. The number of phenolic OH excluding ortho intramolecular Hbond substituents is 1. The second kappa shape index (κ2) is 3.02. The van der Waals surface area contributed by atoms with Gasteiger partial charge in [-0.1, -0.05) is 6.92 Å². The number of fused-ring (bicyclic) bond motifs is 1. The third-order valence-electron chi connectivity index (χ3n) is 2.84. The summed E-state index contributed by atoms with van der Waals surface area (Å²) in [5.74, 6) is 0.332. The fourth-order valence-electron chi connectivity index (χ4n) is 2.15. The van der Waals surface area contributed by atoms with Crippen LogP contribution in [0.25, 0.3) is 0 Å². The van der Waals surface area contributed by atoms with Crippen molar-refractivity contribution in [3.63, 3.8) is 0 Å². The van der Waals surface area contributed by atoms with Gasteiger partial charge >= 0.3 is 0 Å². The summed E-state index contributed by atoms with van der Waals surface area (Å²) in [7, 11) is 0. The number of phenols is 1. The van der Waals surface area contributed by atoms with Gasteiger partial charge in [-0.05, 0) is 42.9 Å². The SMILES string of the molecule is CC1CCCc2c(O)ccc(F)c21. The smallest absolute Gasteiger partial charge is 0.127 e. The van der Waals surface area contributed by atoms with Gasteiger partial charge in [-0.3, -0.25) is 0 Å². The lowest BCUT2D eigenvalue weighted by molar-refractivity contribution is 0.447. The average molecular weight is 180 g/mol. The highest BCUT2D eigenvalue weighted by Gasteiger charge is 2.22. The van der Waals surface area contributed by atoms with Crippen LogP contribution in [0.3, 0.4) is 0 Å². The van der Waals surface area contributed by atoms with Crippen molar-refractivity contribution in [1.29, 1.82) is 0 Å². The zero-order valence-corrected chi connectivity index (χ0v) is 7.68. The van der Waals surface area contributed by atoms with Crippen LogP contribution < -0.4 is 0 Å². The molecule has 0 saturated carbocycles. The zero-order chi connectivity index (χ0) is 9.42. The fourth-order valence-corrected chi connectivity index (χ4v) is 2.15. The molecular formula is C11H13FO. The predicted molar refractivity (Wildman–Crippen MR) is 49.4 cm³/mol. The molecule has 13 heavy (non-hydrogen) atoms. The van der Waals surface area contributed by atoms with Gasteiger partial charge in [0.25, 0.3) is 0 Å². The maximum Gasteiger partial charge on any atom is 0.127 e. The Morgan fingerprint density at radius 3 is 2.92 bits per heavy atom. The summed E-state index contributed by atoms with van der Waals surface area (Å²) in [5.41, 5.74) is 1.55. The van der Waals surface area contributed by atoms with Gasteiger partial charge in [0.15, 0.2) is 0 Å². The van der Waals surface area contributed by atoms with Gasteiger partial charge in [-0.25, -0.2) is 4.39 Å². The monoisotopic (exact) mass is 180 g/mol. The molecule has 0 bridgehead atoms. The van der Waals surface area contributed by atoms with Crippen molar-refractivity contribution >= 4 is 0 Å². The molecule has 2 heteroatoms. The molecule has 0 spiro atoms. The van der Waals surface area contributed by atoms with E-state index in [0.29, 0.717) is 0 Å². The Hall–Kier alpha value is -1.05. The van der Waals surface area contributed by atoms with Gasteiger partial charge in [-0.2, -0.15) is 0 Å². The Labute approximate surface area is 77.2 Å². The molecule has 1 aliphatic carbocycles. The predicted octanol–water partition coefficient (Wildman–Crippen LogP) is 2.97. The molecule has 1 nitrogen and oxygen atoms in total. The van der Waals surface area contributed by atoms with Crippen LogP contribution >= 0.6 is 0 Å². The first-order valence-electron chi connectivity index (χ1n) is 4.70. The Balaban J connectivity index is 2.60. The largest absolute Gasteiger partial charge is 0.508 e. The van der Waals surface area contributed by atoms with Crippen LogP contribution in [0, 0.1) is 5.82 Å². The highest BCUT2D eigenvalue weighted by Crippen LogP contribution is 2.37. The molecule has 0 saturated heterocycles. The molecule has 70 valence electrons. The van der Waals surface area contributed by atoms with E-state index in [-0.39, 0.29) is 17.5 Å². The summed E-state index contributed by atoms with van der Waals surface area (Å²) in [6.07, 6.45) is 2.88. The normalized spacial score (nSPS) is 21.2. The molecule has 1 atom stereocenters. The van der Waals surface area contributed by atoms with Crippen LogP contribution in [0.1, 0.15) is 36.8 Å². The first kappa shape index (κ1) is 8.54. The van der Waals surface area contributed by atoms with Crippen LogP contribution in [-0.2, 0) is 6.42 Å². The minimum Gasteiger partial charge on any atom is -0.508 e. The molecule has 0 radical (unpaired) electrons. The molecule has 2 rings (SSSR count). The molecule has 0 fully saturated rings. The zero-order valence-electron chi connectivity index (χ0n) is 7.68. The summed E-state index contributed by atoms with van der Waals surface area (Å²) < 4.78 is 13.4. The van der Waals surface area contributed by atoms with Crippen molar-refractivity contribution < 1.29 is 9.50 Å². The topological polar surface area (TPSA) is 20.2 Å². The number of aromatic hydroxyl groups is 1. The van der Waals surface area contributed by atoms with Crippen LogP contribution in [-0.4, -0.2) is 5.11 Å². The molecule has 1 aliphatic rings. The van der Waals surface area contributed by atoms with Gasteiger partial charge in [0.1, 0.15) is 11.6 Å². The van der Waals surface area contributed by atoms with Gasteiger partial charge in [-0.15, -0.1) is 0 Å². The van der Waals surface area contributed by atoms with E-state index in [4.69, 9.17) is 0 Å². The van der Waals surface area contributed by atoms with Crippen molar-refractivity contribution in [3.8, 4) is 5.75 Å². The Morgan fingerprint density at radius 2 is 2.23 bits per heavy atom. The number of halogens is 1. The van der Waals surface area contributed by atoms with E-state index >= 15 is 0 Å². The Bertz CT molecular complexity index is 333. The Morgan fingerprint density at radius 1 is 1.46 bits per heavy atom. The molecule has 1 unspecified atom stereocenters. The number of benzene rings is 1. The first-order chi connectivity index (χ1) is 6.20. The van der Waals surface area contributed by atoms with Gasteiger partial charge in [0.05, 0.1) is 0 Å². The molecule has 0 heterocycles. The summed E-state index contributed by atoms with van der Waals surface area (Å²) in [6, 6.07) is 2.81. The number of hydrogen-bond donors (Lipinski definition) is 1. The molecule has 0 amide bonds. The molecule has 1 aromatic rings. The van der Waals surface area contributed by atoms with Crippen molar-refractivity contribution in [2.45, 2.75) is 32.1 Å². The van der Waals surface area contributed by atoms with Crippen molar-refractivity contribution in [2.24, 2.45) is 0 Å². The maximum atomic E-state index is 13.4. The number of hydrogen-bond acceptors (Lipinski definition) is 1. The number of rotatable bonds is 0. The second-order valence-corrected chi connectivity index (χ2v) is 3.75. The van der Waals surface area contributed by atoms with Gasteiger partial charge < -0.3 is 5.11 Å². The Kier molecular flexibility index (Phi) is 1.98. The van der Waals surface area contributed by atoms with E-state index in [1.807, 2.05) is 6.92 Å². The highest BCUT2D eigenvalue weighted by atomic mass is 19.1. The van der Waals surface area contributed by atoms with Crippen molar-refractivity contribution in [2.75, 3.05) is 0 Å². The van der Waals surface area contributed by atoms with Crippen LogP contribution in [0.2, 0.25) is 0 Å². The van der Waals surface area contributed by atoms with E-state index < -0.39 is 0 Å². The lowest BCUT2D eigenvalue weighted by atomic mass is 9.83. The van der Waals surface area contributed by atoms with Crippen molar-refractivity contribution in [3.05, 3.63) is 29.1 Å². The van der Waals surface area contributed by atoms with Crippen LogP contribution in [0.4, 0.5) is 4.39 Å². The van der Waals surface area contributed by atoms with Crippen molar-refractivity contribution in [1.82, 2.24) is 0 Å². The van der Waals surface area contributed by atoms with Crippen LogP contribution in [0.15, 0.2) is 12.1 Å².